The Morgan fingerprint density at radius 1 is 1.30 bits per heavy atom. The Labute approximate surface area is 212 Å². The highest BCUT2D eigenvalue weighted by atomic mass is 19.4. The molecule has 0 aliphatic carbocycles. The van der Waals surface area contributed by atoms with Gasteiger partial charge in [-0.25, -0.2) is 4.98 Å². The highest BCUT2D eigenvalue weighted by Crippen LogP contribution is 2.47. The highest BCUT2D eigenvalue weighted by Gasteiger charge is 2.50. The summed E-state index contributed by atoms with van der Waals surface area (Å²) >= 11 is 0. The van der Waals surface area contributed by atoms with E-state index in [1.807, 2.05) is 18.7 Å². The van der Waals surface area contributed by atoms with Gasteiger partial charge in [0.2, 0.25) is 5.91 Å². The van der Waals surface area contributed by atoms with E-state index in [0.29, 0.717) is 49.7 Å². The Hall–Kier alpha value is -3.58. The normalized spacial score (nSPS) is 19.8. The van der Waals surface area contributed by atoms with Crippen LogP contribution in [0.2, 0.25) is 0 Å². The molecule has 2 saturated heterocycles. The van der Waals surface area contributed by atoms with Crippen LogP contribution in [0.15, 0.2) is 30.9 Å². The number of amides is 1. The number of hydrogen-bond acceptors (Lipinski definition) is 6. The summed E-state index contributed by atoms with van der Waals surface area (Å²) in [4.78, 5) is 20.4. The minimum absolute atomic E-state index is 0.00482. The number of nitriles is 1. The van der Waals surface area contributed by atoms with Crippen molar-refractivity contribution in [2.24, 2.45) is 5.41 Å². The number of alkyl halides is 3. The number of aromatic nitrogens is 1. The number of carbonyl (C=O) groups excluding carboxylic acids is 1. The SMILES string of the molecule is C=CC(=O)N1CC2(CCN(c3nc4c(c(-c5cc(O)ccc5C(F)(F)F)c3C#N)COC(C)(C)C4)C2)C1. The Morgan fingerprint density at radius 3 is 2.68 bits per heavy atom. The summed E-state index contributed by atoms with van der Waals surface area (Å²) in [5.41, 5.74) is -0.832. The maximum Gasteiger partial charge on any atom is 0.417 e. The topological polar surface area (TPSA) is 89.7 Å². The molecule has 2 fully saturated rings. The van der Waals surface area contributed by atoms with Gasteiger partial charge in [0.15, 0.2) is 0 Å². The first-order valence-corrected chi connectivity index (χ1v) is 12.0. The molecular weight excluding hydrogens is 485 g/mol. The van der Waals surface area contributed by atoms with Crippen LogP contribution >= 0.6 is 0 Å². The molecule has 1 N–H and O–H groups in total. The molecule has 1 spiro atoms. The van der Waals surface area contributed by atoms with Crippen molar-refractivity contribution in [2.75, 3.05) is 31.1 Å². The minimum atomic E-state index is -4.70. The summed E-state index contributed by atoms with van der Waals surface area (Å²) < 4.78 is 48.2. The van der Waals surface area contributed by atoms with Gasteiger partial charge in [-0.3, -0.25) is 4.79 Å². The zero-order valence-electron chi connectivity index (χ0n) is 20.7. The number of benzene rings is 1. The summed E-state index contributed by atoms with van der Waals surface area (Å²) in [5.74, 6) is -0.143. The van der Waals surface area contributed by atoms with Crippen molar-refractivity contribution < 1.29 is 27.8 Å². The minimum Gasteiger partial charge on any atom is -0.508 e. The average Bonchev–Trinajstić information content (AvgIpc) is 3.25. The van der Waals surface area contributed by atoms with Gasteiger partial charge in [0.25, 0.3) is 0 Å². The molecule has 1 aromatic heterocycles. The summed E-state index contributed by atoms with van der Waals surface area (Å²) in [6.07, 6.45) is -2.30. The van der Waals surface area contributed by atoms with E-state index in [1.165, 1.54) is 6.08 Å². The number of ether oxygens (including phenoxy) is 1. The largest absolute Gasteiger partial charge is 0.508 e. The van der Waals surface area contributed by atoms with E-state index in [4.69, 9.17) is 9.72 Å². The Morgan fingerprint density at radius 2 is 2.03 bits per heavy atom. The van der Waals surface area contributed by atoms with Gasteiger partial charge in [-0.2, -0.15) is 18.4 Å². The van der Waals surface area contributed by atoms with E-state index in [-0.39, 0.29) is 40.4 Å². The maximum absolute atomic E-state index is 14.1. The Balaban J connectivity index is 1.65. The predicted octanol–water partition coefficient (Wildman–Crippen LogP) is 4.42. The van der Waals surface area contributed by atoms with Gasteiger partial charge in [0, 0.05) is 49.1 Å². The lowest BCUT2D eigenvalue weighted by atomic mass is 9.79. The lowest BCUT2D eigenvalue weighted by Crippen LogP contribution is -2.59. The summed E-state index contributed by atoms with van der Waals surface area (Å²) in [5, 5.41) is 20.4. The van der Waals surface area contributed by atoms with Crippen LogP contribution in [0.3, 0.4) is 0 Å². The number of likely N-dealkylation sites (tertiary alicyclic amines) is 1. The van der Waals surface area contributed by atoms with Crippen LogP contribution in [0.1, 0.15) is 42.7 Å². The molecule has 4 heterocycles. The molecule has 7 nitrogen and oxygen atoms in total. The number of halogens is 3. The van der Waals surface area contributed by atoms with Crippen molar-refractivity contribution in [3.8, 4) is 22.9 Å². The zero-order chi connectivity index (χ0) is 26.8. The molecular formula is C27H27F3N4O3. The third kappa shape index (κ3) is 4.31. The quantitative estimate of drug-likeness (QED) is 0.613. The monoisotopic (exact) mass is 512 g/mol. The second kappa shape index (κ2) is 8.48. The standard InChI is InChI=1S/C27H27F3N4O3/c1-4-22(36)34-14-26(15-34)7-8-33(13-26)24-18(11-31)23(19-12-37-25(2,3)10-21(19)32-24)17-9-16(35)5-6-20(17)27(28,29)30/h4-6,9,35H,1,7-8,10,12-15H2,2-3H3. The number of phenolic OH excluding ortho intramolecular Hbond substituents is 1. The first-order valence-electron chi connectivity index (χ1n) is 12.0. The first-order chi connectivity index (χ1) is 17.4. The zero-order valence-corrected chi connectivity index (χ0v) is 20.7. The van der Waals surface area contributed by atoms with E-state index in [2.05, 4.69) is 12.6 Å². The number of nitrogens with zero attached hydrogens (tertiary/aromatic N) is 4. The van der Waals surface area contributed by atoms with Gasteiger partial charge in [-0.05, 0) is 50.1 Å². The molecule has 5 rings (SSSR count). The third-order valence-corrected chi connectivity index (χ3v) is 7.53. The molecule has 1 aromatic carbocycles. The van der Waals surface area contributed by atoms with E-state index >= 15 is 0 Å². The van der Waals surface area contributed by atoms with Gasteiger partial charge in [-0.15, -0.1) is 0 Å². The molecule has 194 valence electrons. The van der Waals surface area contributed by atoms with Gasteiger partial charge < -0.3 is 19.6 Å². The van der Waals surface area contributed by atoms with Crippen LogP contribution in [0.4, 0.5) is 19.0 Å². The van der Waals surface area contributed by atoms with Gasteiger partial charge >= 0.3 is 6.18 Å². The van der Waals surface area contributed by atoms with Crippen molar-refractivity contribution in [3.05, 3.63) is 53.2 Å². The maximum atomic E-state index is 14.1. The predicted molar refractivity (Wildman–Crippen MR) is 130 cm³/mol. The summed E-state index contributed by atoms with van der Waals surface area (Å²) in [7, 11) is 0. The van der Waals surface area contributed by atoms with Crippen LogP contribution in [0, 0.1) is 16.7 Å². The van der Waals surface area contributed by atoms with E-state index < -0.39 is 17.3 Å². The number of aromatic hydroxyl groups is 1. The van der Waals surface area contributed by atoms with Crippen LogP contribution in [-0.2, 0) is 28.7 Å². The van der Waals surface area contributed by atoms with E-state index in [9.17, 15) is 28.3 Å². The fourth-order valence-corrected chi connectivity index (χ4v) is 5.72. The van der Waals surface area contributed by atoms with Gasteiger partial charge in [0.05, 0.1) is 23.5 Å². The fourth-order valence-electron chi connectivity index (χ4n) is 5.72. The van der Waals surface area contributed by atoms with Gasteiger partial charge in [-0.1, -0.05) is 6.58 Å². The van der Waals surface area contributed by atoms with Crippen molar-refractivity contribution in [1.29, 1.82) is 5.26 Å². The molecule has 0 saturated carbocycles. The van der Waals surface area contributed by atoms with Crippen LogP contribution in [0.5, 0.6) is 5.75 Å². The molecule has 1 amide bonds. The van der Waals surface area contributed by atoms with Crippen LogP contribution in [0.25, 0.3) is 11.1 Å². The first kappa shape index (κ1) is 25.1. The molecule has 0 unspecified atom stereocenters. The van der Waals surface area contributed by atoms with Crippen molar-refractivity contribution in [3.63, 3.8) is 0 Å². The average molecular weight is 513 g/mol. The van der Waals surface area contributed by atoms with Gasteiger partial charge in [0.1, 0.15) is 23.2 Å². The molecule has 0 radical (unpaired) electrons. The van der Waals surface area contributed by atoms with E-state index in [0.717, 1.165) is 24.6 Å². The number of hydrogen-bond donors (Lipinski definition) is 1. The highest BCUT2D eigenvalue weighted by molar-refractivity contribution is 5.88. The molecule has 10 heteroatoms. The van der Waals surface area contributed by atoms with Crippen molar-refractivity contribution in [1.82, 2.24) is 9.88 Å². The Kier molecular flexibility index (Phi) is 5.75. The lowest BCUT2D eigenvalue weighted by molar-refractivity contribution is -0.137. The lowest BCUT2D eigenvalue weighted by Gasteiger charge is -2.47. The molecule has 3 aliphatic rings. The van der Waals surface area contributed by atoms with Crippen LogP contribution in [-0.4, -0.2) is 52.7 Å². The number of rotatable bonds is 3. The summed E-state index contributed by atoms with van der Waals surface area (Å²) in [6.45, 7) is 9.49. The number of pyridine rings is 1. The number of fused-ring (bicyclic) bond motifs is 1. The Bertz CT molecular complexity index is 1340. The van der Waals surface area contributed by atoms with Crippen molar-refractivity contribution in [2.45, 2.75) is 45.1 Å². The molecule has 2 aromatic rings. The fraction of sp³-hybridized carbons (Fsp3) is 0.444. The van der Waals surface area contributed by atoms with E-state index in [1.54, 1.807) is 4.90 Å². The second-order valence-electron chi connectivity index (χ2n) is 10.7. The second-order valence-corrected chi connectivity index (χ2v) is 10.7. The number of carbonyl (C=O) groups is 1. The smallest absolute Gasteiger partial charge is 0.417 e. The van der Waals surface area contributed by atoms with Crippen LogP contribution < -0.4 is 4.90 Å². The third-order valence-electron chi connectivity index (χ3n) is 7.53. The summed E-state index contributed by atoms with van der Waals surface area (Å²) in [6, 6.07) is 5.00. The van der Waals surface area contributed by atoms with Crippen molar-refractivity contribution >= 4 is 11.7 Å². The number of anilines is 1. The molecule has 0 atom stereocenters. The molecule has 3 aliphatic heterocycles. The number of phenols is 1. The molecule has 37 heavy (non-hydrogen) atoms. The molecule has 0 bridgehead atoms.